The van der Waals surface area contributed by atoms with Crippen molar-refractivity contribution in [2.24, 2.45) is 5.92 Å². The van der Waals surface area contributed by atoms with Crippen molar-refractivity contribution in [3.05, 3.63) is 35.8 Å². The van der Waals surface area contributed by atoms with Crippen molar-refractivity contribution in [3.63, 3.8) is 0 Å². The zero-order valence-corrected chi connectivity index (χ0v) is 15.5. The lowest BCUT2D eigenvalue weighted by molar-refractivity contribution is -0.169. The molecular weight excluding hydrogens is 383 g/mol. The van der Waals surface area contributed by atoms with Crippen LogP contribution < -0.4 is 0 Å². The Kier molecular flexibility index (Phi) is 4.92. The van der Waals surface area contributed by atoms with Gasteiger partial charge in [-0.05, 0) is 12.1 Å². The molecule has 1 fully saturated rings. The SMILES string of the molecule is CN(C)S(=O)(=O)[C@@H]1CN(Cc2cnc3ccc(C#N)cn23)C[C@H]1C(F)(F)F. The first kappa shape index (κ1) is 19.6. The van der Waals surface area contributed by atoms with Crippen LogP contribution in [0.1, 0.15) is 11.3 Å². The van der Waals surface area contributed by atoms with Crippen LogP contribution in [0.3, 0.4) is 0 Å². The number of halogens is 3. The van der Waals surface area contributed by atoms with E-state index in [1.165, 1.54) is 25.2 Å². The van der Waals surface area contributed by atoms with Crippen LogP contribution in [0.4, 0.5) is 13.2 Å². The van der Waals surface area contributed by atoms with Crippen molar-refractivity contribution in [1.29, 1.82) is 5.26 Å². The first-order chi connectivity index (χ1) is 12.5. The smallest absolute Gasteiger partial charge is 0.301 e. The van der Waals surface area contributed by atoms with E-state index >= 15 is 0 Å². The lowest BCUT2D eigenvalue weighted by Crippen LogP contribution is -2.43. The summed E-state index contributed by atoms with van der Waals surface area (Å²) in [5.74, 6) is -1.96. The Balaban J connectivity index is 1.90. The lowest BCUT2D eigenvalue weighted by atomic mass is 10.1. The van der Waals surface area contributed by atoms with E-state index in [0.29, 0.717) is 16.9 Å². The Labute approximate surface area is 154 Å². The monoisotopic (exact) mass is 401 g/mol. The van der Waals surface area contributed by atoms with E-state index in [9.17, 15) is 21.6 Å². The number of hydrogen-bond acceptors (Lipinski definition) is 5. The maximum absolute atomic E-state index is 13.4. The number of likely N-dealkylation sites (tertiary alicyclic amines) is 1. The fraction of sp³-hybridized carbons (Fsp3) is 0.500. The summed E-state index contributed by atoms with van der Waals surface area (Å²) < 4.78 is 67.6. The van der Waals surface area contributed by atoms with Crippen molar-refractivity contribution in [3.8, 4) is 6.07 Å². The minimum absolute atomic E-state index is 0.0993. The molecule has 3 rings (SSSR count). The molecule has 0 bridgehead atoms. The highest BCUT2D eigenvalue weighted by atomic mass is 32.2. The molecule has 1 saturated heterocycles. The number of rotatable bonds is 4. The number of alkyl halides is 3. The van der Waals surface area contributed by atoms with Gasteiger partial charge in [0.2, 0.25) is 10.0 Å². The van der Waals surface area contributed by atoms with E-state index in [2.05, 4.69) is 4.98 Å². The summed E-state index contributed by atoms with van der Waals surface area (Å²) in [6, 6.07) is 5.24. The van der Waals surface area contributed by atoms with Gasteiger partial charge in [-0.25, -0.2) is 17.7 Å². The molecule has 0 radical (unpaired) electrons. The minimum Gasteiger partial charge on any atom is -0.301 e. The first-order valence-electron chi connectivity index (χ1n) is 8.10. The summed E-state index contributed by atoms with van der Waals surface area (Å²) in [6.45, 7) is -0.537. The molecule has 2 aromatic rings. The van der Waals surface area contributed by atoms with Crippen molar-refractivity contribution in [2.45, 2.75) is 18.0 Å². The van der Waals surface area contributed by atoms with Gasteiger partial charge in [-0.3, -0.25) is 4.90 Å². The van der Waals surface area contributed by atoms with Crippen LogP contribution in [-0.2, 0) is 16.6 Å². The molecule has 27 heavy (non-hydrogen) atoms. The fourth-order valence-electron chi connectivity index (χ4n) is 3.31. The van der Waals surface area contributed by atoms with Gasteiger partial charge in [-0.2, -0.15) is 18.4 Å². The van der Waals surface area contributed by atoms with Crippen LogP contribution >= 0.6 is 0 Å². The predicted molar refractivity (Wildman–Crippen MR) is 91.1 cm³/mol. The van der Waals surface area contributed by atoms with Crippen LogP contribution in [0.25, 0.3) is 5.65 Å². The summed E-state index contributed by atoms with van der Waals surface area (Å²) in [5.41, 5.74) is 1.54. The molecule has 11 heteroatoms. The second kappa shape index (κ2) is 6.78. The number of nitrogens with zero attached hydrogens (tertiary/aromatic N) is 5. The van der Waals surface area contributed by atoms with Crippen LogP contribution in [0, 0.1) is 17.2 Å². The van der Waals surface area contributed by atoms with Crippen molar-refractivity contribution in [1.82, 2.24) is 18.6 Å². The molecule has 0 aromatic carbocycles. The highest BCUT2D eigenvalue weighted by Gasteiger charge is 2.54. The van der Waals surface area contributed by atoms with E-state index in [1.54, 1.807) is 22.7 Å². The van der Waals surface area contributed by atoms with Crippen LogP contribution in [0.2, 0.25) is 0 Å². The third kappa shape index (κ3) is 3.65. The van der Waals surface area contributed by atoms with Crippen LogP contribution in [0.5, 0.6) is 0 Å². The van der Waals surface area contributed by atoms with Gasteiger partial charge in [-0.15, -0.1) is 0 Å². The number of imidazole rings is 1. The van der Waals surface area contributed by atoms with Gasteiger partial charge in [0.25, 0.3) is 0 Å². The minimum atomic E-state index is -4.62. The van der Waals surface area contributed by atoms with Gasteiger partial charge in [0.05, 0.1) is 23.4 Å². The van der Waals surface area contributed by atoms with Gasteiger partial charge >= 0.3 is 6.18 Å². The molecule has 2 atom stereocenters. The average molecular weight is 401 g/mol. The van der Waals surface area contributed by atoms with E-state index in [1.807, 2.05) is 6.07 Å². The summed E-state index contributed by atoms with van der Waals surface area (Å²) in [7, 11) is -1.60. The van der Waals surface area contributed by atoms with E-state index in [-0.39, 0.29) is 13.1 Å². The molecule has 3 heterocycles. The van der Waals surface area contributed by atoms with Crippen molar-refractivity contribution >= 4 is 15.7 Å². The standard InChI is InChI=1S/C16H18F3N5O2S/c1-22(2)27(25,26)14-10-23(9-13(14)16(17,18)19)8-12-6-21-15-4-3-11(5-20)7-24(12)15/h3-4,6-7,13-14H,8-10H2,1-2H3/t13-,14-/m1/s1. The topological polar surface area (TPSA) is 81.7 Å². The lowest BCUT2D eigenvalue weighted by Gasteiger charge is -2.24. The number of hydrogen-bond donors (Lipinski definition) is 0. The van der Waals surface area contributed by atoms with E-state index in [4.69, 9.17) is 5.26 Å². The first-order valence-corrected chi connectivity index (χ1v) is 9.61. The molecule has 0 amide bonds. The summed E-state index contributed by atoms with van der Waals surface area (Å²) in [5, 5.41) is 7.47. The number of nitriles is 1. The predicted octanol–water partition coefficient (Wildman–Crippen LogP) is 1.46. The third-order valence-electron chi connectivity index (χ3n) is 4.75. The molecule has 7 nitrogen and oxygen atoms in total. The van der Waals surface area contributed by atoms with Gasteiger partial charge in [0.1, 0.15) is 17.0 Å². The van der Waals surface area contributed by atoms with Gasteiger partial charge in [0.15, 0.2) is 0 Å². The summed E-state index contributed by atoms with van der Waals surface area (Å²) in [4.78, 5) is 5.64. The number of fused-ring (bicyclic) bond motifs is 1. The molecule has 0 unspecified atom stereocenters. The molecule has 2 aromatic heterocycles. The molecule has 1 aliphatic heterocycles. The number of sulfonamides is 1. The number of pyridine rings is 1. The largest absolute Gasteiger partial charge is 0.394 e. The van der Waals surface area contributed by atoms with Crippen molar-refractivity contribution < 1.29 is 21.6 Å². The molecule has 0 aliphatic carbocycles. The Hall–Kier alpha value is -2.16. The molecular formula is C16H18F3N5O2S. The third-order valence-corrected chi connectivity index (χ3v) is 7.01. The second-order valence-corrected chi connectivity index (χ2v) is 9.08. The zero-order valence-electron chi connectivity index (χ0n) is 14.7. The fourth-order valence-corrected chi connectivity index (χ4v) is 4.91. The maximum Gasteiger partial charge on any atom is 0.394 e. The second-order valence-electron chi connectivity index (χ2n) is 6.72. The summed E-state index contributed by atoms with van der Waals surface area (Å²) in [6.07, 6.45) is -1.54. The van der Waals surface area contributed by atoms with Gasteiger partial charge < -0.3 is 4.40 Å². The Morgan fingerprint density at radius 2 is 2.04 bits per heavy atom. The molecule has 146 valence electrons. The molecule has 0 saturated carbocycles. The Bertz CT molecular complexity index is 994. The highest BCUT2D eigenvalue weighted by molar-refractivity contribution is 7.89. The Morgan fingerprint density at radius 1 is 1.33 bits per heavy atom. The van der Waals surface area contributed by atoms with Crippen LogP contribution in [-0.4, -0.2) is 65.6 Å². The summed E-state index contributed by atoms with van der Waals surface area (Å²) >= 11 is 0. The van der Waals surface area contributed by atoms with E-state index in [0.717, 1.165) is 4.31 Å². The zero-order chi connectivity index (χ0) is 20.0. The van der Waals surface area contributed by atoms with E-state index < -0.39 is 33.9 Å². The normalized spacial score (nSPS) is 21.8. The van der Waals surface area contributed by atoms with Crippen LogP contribution in [0.15, 0.2) is 24.5 Å². The average Bonchev–Trinajstić information content (AvgIpc) is 3.19. The maximum atomic E-state index is 13.4. The Morgan fingerprint density at radius 3 is 2.63 bits per heavy atom. The molecule has 0 spiro atoms. The molecule has 1 aliphatic rings. The van der Waals surface area contributed by atoms with Crippen molar-refractivity contribution in [2.75, 3.05) is 27.2 Å². The molecule has 0 N–H and O–H groups in total. The van der Waals surface area contributed by atoms with Gasteiger partial charge in [0, 0.05) is 39.9 Å². The quantitative estimate of drug-likeness (QED) is 0.775. The highest BCUT2D eigenvalue weighted by Crippen LogP contribution is 2.38. The van der Waals surface area contributed by atoms with Gasteiger partial charge in [-0.1, -0.05) is 0 Å². The number of aromatic nitrogens is 2.